The molecule has 2 nitrogen and oxygen atoms in total. The van der Waals surface area contributed by atoms with Crippen molar-refractivity contribution in [1.82, 2.24) is 5.32 Å². The predicted molar refractivity (Wildman–Crippen MR) is 31.4 cm³/mol. The van der Waals surface area contributed by atoms with E-state index in [0.717, 1.165) is 18.5 Å². The van der Waals surface area contributed by atoms with E-state index >= 15 is 0 Å². The molecule has 0 aromatic carbocycles. The Kier molecular flexibility index (Phi) is 1.33. The van der Waals surface area contributed by atoms with Crippen LogP contribution in [0.3, 0.4) is 0 Å². The number of rotatable bonds is 0. The molecule has 1 aliphatic heterocycles. The van der Waals surface area contributed by atoms with Gasteiger partial charge in [0.2, 0.25) is 5.91 Å². The van der Waals surface area contributed by atoms with Crippen LogP contribution in [-0.2, 0) is 4.79 Å². The summed E-state index contributed by atoms with van der Waals surface area (Å²) in [7, 11) is 0. The third-order valence-corrected chi connectivity index (χ3v) is 1.24. The fourth-order valence-electron chi connectivity index (χ4n) is 0.706. The topological polar surface area (TPSA) is 29.1 Å². The van der Waals surface area contributed by atoms with Gasteiger partial charge in [0.15, 0.2) is 0 Å². The van der Waals surface area contributed by atoms with E-state index in [2.05, 4.69) is 5.32 Å². The number of nitrogens with one attached hydrogen (secondary N) is 1. The summed E-state index contributed by atoms with van der Waals surface area (Å²) < 4.78 is 0. The van der Waals surface area contributed by atoms with Gasteiger partial charge in [0.25, 0.3) is 0 Å². The first-order valence-corrected chi connectivity index (χ1v) is 2.75. The molecule has 0 saturated carbocycles. The molecule has 0 spiro atoms. The summed E-state index contributed by atoms with van der Waals surface area (Å²) in [5.41, 5.74) is 0.844. The van der Waals surface area contributed by atoms with E-state index < -0.39 is 0 Å². The molecule has 0 fully saturated rings. The zero-order valence-corrected chi connectivity index (χ0v) is 4.90. The molecule has 0 radical (unpaired) electrons. The van der Waals surface area contributed by atoms with Crippen molar-refractivity contribution in [2.24, 2.45) is 0 Å². The van der Waals surface area contributed by atoms with E-state index in [-0.39, 0.29) is 5.91 Å². The molecular formula is C6H9NO. The lowest BCUT2D eigenvalue weighted by atomic mass is 10.2. The molecule has 1 N–H and O–H groups in total. The Morgan fingerprint density at radius 2 is 2.50 bits per heavy atom. The first kappa shape index (κ1) is 5.35. The molecule has 0 aromatic rings. The summed E-state index contributed by atoms with van der Waals surface area (Å²) in [6.45, 7) is 2.63. The lowest BCUT2D eigenvalue weighted by molar-refractivity contribution is -0.117. The Labute approximate surface area is 48.6 Å². The SMILES string of the molecule is CC1=CCCNC1=O. The summed E-state index contributed by atoms with van der Waals surface area (Å²) >= 11 is 0. The number of hydrogen-bond donors (Lipinski definition) is 1. The molecule has 1 heterocycles. The van der Waals surface area contributed by atoms with E-state index in [1.54, 1.807) is 0 Å². The fraction of sp³-hybridized carbons (Fsp3) is 0.500. The van der Waals surface area contributed by atoms with Gasteiger partial charge in [0.05, 0.1) is 0 Å². The van der Waals surface area contributed by atoms with Gasteiger partial charge in [-0.3, -0.25) is 4.79 Å². The number of hydrogen-bond acceptors (Lipinski definition) is 1. The first-order chi connectivity index (χ1) is 3.80. The summed E-state index contributed by atoms with van der Waals surface area (Å²) in [5.74, 6) is 0.0799. The second-order valence-electron chi connectivity index (χ2n) is 1.93. The number of amides is 1. The monoisotopic (exact) mass is 111 g/mol. The Morgan fingerprint density at radius 1 is 1.75 bits per heavy atom. The van der Waals surface area contributed by atoms with Crippen molar-refractivity contribution in [3.05, 3.63) is 11.6 Å². The van der Waals surface area contributed by atoms with Crippen LogP contribution in [0.25, 0.3) is 0 Å². The van der Waals surface area contributed by atoms with Gasteiger partial charge in [0.1, 0.15) is 0 Å². The molecule has 44 valence electrons. The Bertz CT molecular complexity index is 137. The lowest BCUT2D eigenvalue weighted by Crippen LogP contribution is -2.28. The third kappa shape index (κ3) is 0.886. The molecule has 8 heavy (non-hydrogen) atoms. The van der Waals surface area contributed by atoms with Gasteiger partial charge in [-0.1, -0.05) is 6.08 Å². The lowest BCUT2D eigenvalue weighted by Gasteiger charge is -2.08. The molecular weight excluding hydrogens is 102 g/mol. The summed E-state index contributed by atoms with van der Waals surface area (Å²) in [6, 6.07) is 0. The predicted octanol–water partition coefficient (Wildman–Crippen LogP) is 0.453. The van der Waals surface area contributed by atoms with Gasteiger partial charge >= 0.3 is 0 Å². The molecule has 0 unspecified atom stereocenters. The number of carbonyl (C=O) groups is 1. The van der Waals surface area contributed by atoms with Crippen LogP contribution >= 0.6 is 0 Å². The summed E-state index contributed by atoms with van der Waals surface area (Å²) in [6.07, 6.45) is 2.94. The van der Waals surface area contributed by atoms with Crippen molar-refractivity contribution >= 4 is 5.91 Å². The van der Waals surface area contributed by atoms with Crippen LogP contribution in [0.15, 0.2) is 11.6 Å². The average Bonchev–Trinajstić information content (AvgIpc) is 1.77. The van der Waals surface area contributed by atoms with E-state index in [9.17, 15) is 4.79 Å². The van der Waals surface area contributed by atoms with Crippen LogP contribution in [0.1, 0.15) is 13.3 Å². The van der Waals surface area contributed by atoms with Gasteiger partial charge in [-0.15, -0.1) is 0 Å². The van der Waals surface area contributed by atoms with Crippen LogP contribution in [0.2, 0.25) is 0 Å². The van der Waals surface area contributed by atoms with Crippen molar-refractivity contribution in [1.29, 1.82) is 0 Å². The molecule has 1 aliphatic rings. The maximum absolute atomic E-state index is 10.6. The van der Waals surface area contributed by atoms with Crippen molar-refractivity contribution in [3.8, 4) is 0 Å². The molecule has 0 bridgehead atoms. The Balaban J connectivity index is 2.67. The molecule has 0 saturated heterocycles. The van der Waals surface area contributed by atoms with E-state index in [4.69, 9.17) is 0 Å². The molecule has 1 rings (SSSR count). The highest BCUT2D eigenvalue weighted by molar-refractivity contribution is 5.93. The van der Waals surface area contributed by atoms with Gasteiger partial charge in [-0.2, -0.15) is 0 Å². The third-order valence-electron chi connectivity index (χ3n) is 1.24. The molecule has 2 heteroatoms. The standard InChI is InChI=1S/C6H9NO/c1-5-3-2-4-7-6(5)8/h3H,2,4H2,1H3,(H,7,8). The van der Waals surface area contributed by atoms with Gasteiger partial charge in [0, 0.05) is 12.1 Å². The normalized spacial score (nSPS) is 19.6. The second kappa shape index (κ2) is 1.99. The van der Waals surface area contributed by atoms with Crippen LogP contribution < -0.4 is 5.32 Å². The minimum Gasteiger partial charge on any atom is -0.352 e. The molecule has 1 amide bonds. The van der Waals surface area contributed by atoms with E-state index in [1.807, 2.05) is 13.0 Å². The second-order valence-corrected chi connectivity index (χ2v) is 1.93. The Morgan fingerprint density at radius 3 is 2.88 bits per heavy atom. The van der Waals surface area contributed by atoms with Crippen LogP contribution in [0, 0.1) is 0 Å². The quantitative estimate of drug-likeness (QED) is 0.483. The molecule has 0 aromatic heterocycles. The average molecular weight is 111 g/mol. The highest BCUT2D eigenvalue weighted by Gasteiger charge is 2.05. The fourth-order valence-corrected chi connectivity index (χ4v) is 0.706. The van der Waals surface area contributed by atoms with Crippen LogP contribution in [-0.4, -0.2) is 12.5 Å². The van der Waals surface area contributed by atoms with Crippen molar-refractivity contribution < 1.29 is 4.79 Å². The van der Waals surface area contributed by atoms with Gasteiger partial charge < -0.3 is 5.32 Å². The Hall–Kier alpha value is -0.790. The summed E-state index contributed by atoms with van der Waals surface area (Å²) in [5, 5.41) is 2.72. The first-order valence-electron chi connectivity index (χ1n) is 2.75. The largest absolute Gasteiger partial charge is 0.352 e. The molecule has 0 atom stereocenters. The van der Waals surface area contributed by atoms with Crippen LogP contribution in [0.4, 0.5) is 0 Å². The van der Waals surface area contributed by atoms with E-state index in [0.29, 0.717) is 0 Å². The highest BCUT2D eigenvalue weighted by atomic mass is 16.1. The van der Waals surface area contributed by atoms with Crippen molar-refractivity contribution in [2.45, 2.75) is 13.3 Å². The van der Waals surface area contributed by atoms with Gasteiger partial charge in [-0.05, 0) is 13.3 Å². The van der Waals surface area contributed by atoms with Gasteiger partial charge in [-0.25, -0.2) is 0 Å². The zero-order valence-electron chi connectivity index (χ0n) is 4.90. The highest BCUT2D eigenvalue weighted by Crippen LogP contribution is 1.99. The minimum atomic E-state index is 0.0799. The maximum Gasteiger partial charge on any atom is 0.246 e. The molecule has 0 aliphatic carbocycles. The zero-order chi connectivity index (χ0) is 5.98. The maximum atomic E-state index is 10.6. The summed E-state index contributed by atoms with van der Waals surface area (Å²) in [4.78, 5) is 10.6. The van der Waals surface area contributed by atoms with E-state index in [1.165, 1.54) is 0 Å². The van der Waals surface area contributed by atoms with Crippen molar-refractivity contribution in [2.75, 3.05) is 6.54 Å². The van der Waals surface area contributed by atoms with Crippen molar-refractivity contribution in [3.63, 3.8) is 0 Å². The minimum absolute atomic E-state index is 0.0799. The number of carbonyl (C=O) groups excluding carboxylic acids is 1. The van der Waals surface area contributed by atoms with Crippen LogP contribution in [0.5, 0.6) is 0 Å². The smallest absolute Gasteiger partial charge is 0.246 e.